The maximum Gasteiger partial charge on any atom is 0.264 e. The second-order valence-electron chi connectivity index (χ2n) is 8.83. The number of aryl methyl sites for hydroxylation is 2. The highest BCUT2D eigenvalue weighted by Crippen LogP contribution is 2.29. The molecule has 0 bridgehead atoms. The van der Waals surface area contributed by atoms with Crippen LogP contribution in [-0.4, -0.2) is 44.3 Å². The molecule has 3 aromatic carbocycles. The number of anilines is 1. The van der Waals surface area contributed by atoms with Gasteiger partial charge in [-0.3, -0.25) is 13.9 Å². The van der Waals surface area contributed by atoms with Gasteiger partial charge in [-0.05, 0) is 69.2 Å². The van der Waals surface area contributed by atoms with Crippen LogP contribution in [0.25, 0.3) is 0 Å². The van der Waals surface area contributed by atoms with Gasteiger partial charge >= 0.3 is 0 Å². The number of amides is 2. The zero-order chi connectivity index (χ0) is 27.2. The van der Waals surface area contributed by atoms with Gasteiger partial charge in [-0.25, -0.2) is 8.42 Å². The Labute approximate surface area is 224 Å². The molecule has 1 atom stereocenters. The minimum atomic E-state index is -4.12. The van der Waals surface area contributed by atoms with Gasteiger partial charge in [0, 0.05) is 18.1 Å². The number of hydrogen-bond acceptors (Lipinski definition) is 4. The second kappa shape index (κ2) is 12.3. The fourth-order valence-corrected chi connectivity index (χ4v) is 5.64. The van der Waals surface area contributed by atoms with E-state index in [1.54, 1.807) is 51.1 Å². The van der Waals surface area contributed by atoms with Crippen molar-refractivity contribution in [2.45, 2.75) is 45.2 Å². The minimum absolute atomic E-state index is 0.0617. The van der Waals surface area contributed by atoms with Crippen molar-refractivity contribution in [2.75, 3.05) is 17.4 Å². The van der Waals surface area contributed by atoms with E-state index in [4.69, 9.17) is 11.6 Å². The maximum atomic E-state index is 13.8. The van der Waals surface area contributed by atoms with E-state index in [1.807, 2.05) is 37.3 Å². The lowest BCUT2D eigenvalue weighted by Gasteiger charge is -2.32. The number of rotatable bonds is 10. The summed E-state index contributed by atoms with van der Waals surface area (Å²) >= 11 is 6.14. The Morgan fingerprint density at radius 3 is 2.22 bits per heavy atom. The van der Waals surface area contributed by atoms with Crippen LogP contribution in [0.1, 0.15) is 30.5 Å². The number of sulfonamides is 1. The quantitative estimate of drug-likeness (QED) is 0.403. The molecule has 0 aliphatic heterocycles. The van der Waals surface area contributed by atoms with Gasteiger partial charge in [0.25, 0.3) is 10.0 Å². The van der Waals surface area contributed by atoms with Crippen molar-refractivity contribution in [1.82, 2.24) is 10.2 Å². The smallest absolute Gasteiger partial charge is 0.264 e. The van der Waals surface area contributed by atoms with Gasteiger partial charge in [0.1, 0.15) is 12.6 Å². The van der Waals surface area contributed by atoms with Gasteiger partial charge < -0.3 is 10.2 Å². The molecule has 9 heteroatoms. The predicted molar refractivity (Wildman–Crippen MR) is 147 cm³/mol. The van der Waals surface area contributed by atoms with Crippen molar-refractivity contribution < 1.29 is 18.0 Å². The molecule has 3 rings (SSSR count). The molecule has 0 heterocycles. The third kappa shape index (κ3) is 6.90. The summed E-state index contributed by atoms with van der Waals surface area (Å²) < 4.78 is 28.8. The largest absolute Gasteiger partial charge is 0.355 e. The number of halogens is 1. The topological polar surface area (TPSA) is 86.8 Å². The van der Waals surface area contributed by atoms with Crippen LogP contribution < -0.4 is 9.62 Å². The fourth-order valence-electron chi connectivity index (χ4n) is 3.93. The molecule has 0 aromatic heterocycles. The molecule has 3 aromatic rings. The molecule has 0 aliphatic carbocycles. The highest BCUT2D eigenvalue weighted by Gasteiger charge is 2.33. The van der Waals surface area contributed by atoms with E-state index < -0.39 is 28.5 Å². The Morgan fingerprint density at radius 1 is 0.973 bits per heavy atom. The molecule has 0 saturated heterocycles. The molecule has 0 fully saturated rings. The summed E-state index contributed by atoms with van der Waals surface area (Å²) in [6, 6.07) is 19.7. The molecular weight excluding hydrogens is 510 g/mol. The minimum Gasteiger partial charge on any atom is -0.355 e. The summed E-state index contributed by atoms with van der Waals surface area (Å²) in [6.45, 7) is 7.11. The average Bonchev–Trinajstić information content (AvgIpc) is 2.86. The first-order chi connectivity index (χ1) is 17.5. The molecule has 0 unspecified atom stereocenters. The highest BCUT2D eigenvalue weighted by atomic mass is 35.5. The molecule has 0 spiro atoms. The van der Waals surface area contributed by atoms with Crippen molar-refractivity contribution in [3.63, 3.8) is 0 Å². The standard InChI is InChI=1S/C28H32ClN3O4S/c1-5-30-28(34)22(4)31(18-23-9-7-6-8-10-23)27(33)19-32(26-16-13-24(29)17-21(26)3)37(35,36)25-14-11-20(2)12-15-25/h6-17,22H,5,18-19H2,1-4H3,(H,30,34)/t22-/m0/s1. The SMILES string of the molecule is CCNC(=O)[C@H](C)N(Cc1ccccc1)C(=O)CN(c1ccc(Cl)cc1C)S(=O)(=O)c1ccc(C)cc1. The summed E-state index contributed by atoms with van der Waals surface area (Å²) in [4.78, 5) is 28.0. The highest BCUT2D eigenvalue weighted by molar-refractivity contribution is 7.92. The molecular formula is C28H32ClN3O4S. The zero-order valence-corrected chi connectivity index (χ0v) is 23.0. The summed E-state index contributed by atoms with van der Waals surface area (Å²) in [5.74, 6) is -0.824. The summed E-state index contributed by atoms with van der Waals surface area (Å²) in [5.41, 5.74) is 2.67. The second-order valence-corrected chi connectivity index (χ2v) is 11.1. The van der Waals surface area contributed by atoms with Crippen LogP contribution in [0.4, 0.5) is 5.69 Å². The van der Waals surface area contributed by atoms with E-state index in [1.165, 1.54) is 17.0 Å². The zero-order valence-electron chi connectivity index (χ0n) is 21.4. The van der Waals surface area contributed by atoms with Gasteiger partial charge in [0.15, 0.2) is 0 Å². The monoisotopic (exact) mass is 541 g/mol. The van der Waals surface area contributed by atoms with Crippen molar-refractivity contribution in [3.05, 3.63) is 94.5 Å². The van der Waals surface area contributed by atoms with Crippen molar-refractivity contribution in [2.24, 2.45) is 0 Å². The molecule has 0 radical (unpaired) electrons. The first kappa shape index (κ1) is 28.2. The molecule has 1 N–H and O–H groups in total. The van der Waals surface area contributed by atoms with E-state index in [2.05, 4.69) is 5.32 Å². The van der Waals surface area contributed by atoms with E-state index >= 15 is 0 Å². The van der Waals surface area contributed by atoms with Gasteiger partial charge in [0.2, 0.25) is 11.8 Å². The number of nitrogens with one attached hydrogen (secondary N) is 1. The first-order valence-electron chi connectivity index (χ1n) is 12.0. The number of likely N-dealkylation sites (N-methyl/N-ethyl adjacent to an activating group) is 1. The lowest BCUT2D eigenvalue weighted by atomic mass is 10.1. The Morgan fingerprint density at radius 2 is 1.62 bits per heavy atom. The number of carbonyl (C=O) groups is 2. The van der Waals surface area contributed by atoms with Crippen molar-refractivity contribution >= 4 is 39.1 Å². The Kier molecular flexibility index (Phi) is 9.34. The van der Waals surface area contributed by atoms with Crippen LogP contribution in [0.2, 0.25) is 5.02 Å². The first-order valence-corrected chi connectivity index (χ1v) is 13.8. The summed E-state index contributed by atoms with van der Waals surface area (Å²) in [7, 11) is -4.12. The third-order valence-corrected chi connectivity index (χ3v) is 8.04. The summed E-state index contributed by atoms with van der Waals surface area (Å²) in [5, 5.41) is 3.20. The van der Waals surface area contributed by atoms with Crippen molar-refractivity contribution in [3.8, 4) is 0 Å². The molecule has 196 valence electrons. The van der Waals surface area contributed by atoms with Crippen LogP contribution in [0.5, 0.6) is 0 Å². The predicted octanol–water partition coefficient (Wildman–Crippen LogP) is 4.71. The van der Waals surface area contributed by atoms with E-state index in [0.717, 1.165) is 15.4 Å². The van der Waals surface area contributed by atoms with Gasteiger partial charge in [-0.2, -0.15) is 0 Å². The number of carbonyl (C=O) groups excluding carboxylic acids is 2. The van der Waals surface area contributed by atoms with Crippen LogP contribution >= 0.6 is 11.6 Å². The Balaban J connectivity index is 2.05. The Bertz CT molecular complexity index is 1350. The molecule has 7 nitrogen and oxygen atoms in total. The lowest BCUT2D eigenvalue weighted by Crippen LogP contribution is -2.51. The number of benzene rings is 3. The van der Waals surface area contributed by atoms with Crippen LogP contribution in [-0.2, 0) is 26.2 Å². The lowest BCUT2D eigenvalue weighted by molar-refractivity contribution is -0.139. The summed E-state index contributed by atoms with van der Waals surface area (Å²) in [6.07, 6.45) is 0. The van der Waals surface area contributed by atoms with Crippen LogP contribution in [0, 0.1) is 13.8 Å². The molecule has 0 saturated carbocycles. The van der Waals surface area contributed by atoms with E-state index in [0.29, 0.717) is 22.8 Å². The molecule has 37 heavy (non-hydrogen) atoms. The maximum absolute atomic E-state index is 13.8. The third-order valence-electron chi connectivity index (χ3n) is 6.03. The van der Waals surface area contributed by atoms with Gasteiger partial charge in [0.05, 0.1) is 10.6 Å². The van der Waals surface area contributed by atoms with Crippen LogP contribution in [0.15, 0.2) is 77.7 Å². The number of nitrogens with zero attached hydrogens (tertiary/aromatic N) is 2. The average molecular weight is 542 g/mol. The normalized spacial score (nSPS) is 12.0. The van der Waals surface area contributed by atoms with Gasteiger partial charge in [-0.1, -0.05) is 59.6 Å². The number of hydrogen-bond donors (Lipinski definition) is 1. The fraction of sp³-hybridized carbons (Fsp3) is 0.286. The van der Waals surface area contributed by atoms with Crippen molar-refractivity contribution in [1.29, 1.82) is 0 Å². The Hall–Kier alpha value is -3.36. The molecule has 2 amide bonds. The molecule has 0 aliphatic rings. The van der Waals surface area contributed by atoms with Crippen LogP contribution in [0.3, 0.4) is 0 Å². The van der Waals surface area contributed by atoms with Gasteiger partial charge in [-0.15, -0.1) is 0 Å². The van der Waals surface area contributed by atoms with E-state index in [-0.39, 0.29) is 17.3 Å². The van der Waals surface area contributed by atoms with E-state index in [9.17, 15) is 18.0 Å².